The van der Waals surface area contributed by atoms with E-state index in [-0.39, 0.29) is 0 Å². The summed E-state index contributed by atoms with van der Waals surface area (Å²) in [7, 11) is 0. The summed E-state index contributed by atoms with van der Waals surface area (Å²) in [6.07, 6.45) is 0. The summed E-state index contributed by atoms with van der Waals surface area (Å²) in [5.41, 5.74) is 7.52. The topological polar surface area (TPSA) is 15.8 Å². The quantitative estimate of drug-likeness (QED) is 0.437. The average Bonchev–Trinajstić information content (AvgIpc) is 3.01. The molecule has 4 aromatic rings. The fourth-order valence-electron chi connectivity index (χ4n) is 3.29. The van der Waals surface area contributed by atoms with E-state index in [9.17, 15) is 0 Å². The summed E-state index contributed by atoms with van der Waals surface area (Å²) in [4.78, 5) is 3.65. The number of fused-ring (bicyclic) bond motifs is 1. The number of aromatic amines is 1. The molecule has 0 aliphatic rings. The molecule has 0 fully saturated rings. The van der Waals surface area contributed by atoms with Gasteiger partial charge in [0.05, 0.1) is 5.69 Å². The Morgan fingerprint density at radius 3 is 1.96 bits per heavy atom. The Bertz CT molecular complexity index is 963. The first kappa shape index (κ1) is 14.8. The molecule has 0 bridgehead atoms. The zero-order valence-corrected chi connectivity index (χ0v) is 14.1. The van der Waals surface area contributed by atoms with E-state index in [4.69, 9.17) is 0 Å². The maximum Gasteiger partial charge on any atom is 0.0544 e. The van der Waals surface area contributed by atoms with E-state index in [2.05, 4.69) is 97.7 Å². The van der Waals surface area contributed by atoms with Crippen LogP contribution in [-0.4, -0.2) is 4.98 Å². The Balaban J connectivity index is 2.05. The Hall–Kier alpha value is -2.80. The molecule has 0 amide bonds. The van der Waals surface area contributed by atoms with E-state index in [1.165, 1.54) is 38.9 Å². The van der Waals surface area contributed by atoms with Gasteiger partial charge in [-0.05, 0) is 34.7 Å². The normalized spacial score (nSPS) is 11.3. The number of H-pyrrole nitrogens is 1. The van der Waals surface area contributed by atoms with E-state index in [0.29, 0.717) is 5.92 Å². The average molecular weight is 311 g/mol. The van der Waals surface area contributed by atoms with Crippen LogP contribution in [0.25, 0.3) is 33.3 Å². The monoisotopic (exact) mass is 311 g/mol. The first-order valence-corrected chi connectivity index (χ1v) is 8.50. The van der Waals surface area contributed by atoms with Crippen molar-refractivity contribution in [3.8, 4) is 22.4 Å². The summed E-state index contributed by atoms with van der Waals surface area (Å²) in [6.45, 7) is 4.49. The molecule has 0 aliphatic heterocycles. The van der Waals surface area contributed by atoms with Gasteiger partial charge in [0.2, 0.25) is 0 Å². The fraction of sp³-hybridized carbons (Fsp3) is 0.130. The van der Waals surface area contributed by atoms with Crippen molar-refractivity contribution < 1.29 is 0 Å². The van der Waals surface area contributed by atoms with Gasteiger partial charge in [-0.2, -0.15) is 0 Å². The smallest absolute Gasteiger partial charge is 0.0544 e. The third-order valence-corrected chi connectivity index (χ3v) is 4.61. The second kappa shape index (κ2) is 6.01. The summed E-state index contributed by atoms with van der Waals surface area (Å²) >= 11 is 0. The molecule has 0 radical (unpaired) electrons. The van der Waals surface area contributed by atoms with Crippen molar-refractivity contribution in [1.82, 2.24) is 4.98 Å². The van der Waals surface area contributed by atoms with Crippen LogP contribution in [0.15, 0.2) is 78.9 Å². The highest BCUT2D eigenvalue weighted by Crippen LogP contribution is 2.39. The Kier molecular flexibility index (Phi) is 3.70. The summed E-state index contributed by atoms with van der Waals surface area (Å²) < 4.78 is 0. The van der Waals surface area contributed by atoms with Crippen LogP contribution >= 0.6 is 0 Å². The van der Waals surface area contributed by atoms with Crippen molar-refractivity contribution in [2.24, 2.45) is 0 Å². The van der Waals surface area contributed by atoms with Gasteiger partial charge in [0.15, 0.2) is 0 Å². The first-order valence-electron chi connectivity index (χ1n) is 8.50. The van der Waals surface area contributed by atoms with E-state index in [1.807, 2.05) is 0 Å². The zero-order chi connectivity index (χ0) is 16.5. The molecule has 1 aromatic heterocycles. The van der Waals surface area contributed by atoms with Gasteiger partial charge in [0, 0.05) is 16.5 Å². The molecule has 0 saturated carbocycles. The lowest BCUT2D eigenvalue weighted by molar-refractivity contribution is 0.869. The third kappa shape index (κ3) is 2.52. The van der Waals surface area contributed by atoms with Crippen LogP contribution in [0, 0.1) is 0 Å². The maximum absolute atomic E-state index is 3.65. The van der Waals surface area contributed by atoms with Gasteiger partial charge in [-0.25, -0.2) is 0 Å². The molecular formula is C23H21N. The van der Waals surface area contributed by atoms with Gasteiger partial charge in [-0.3, -0.25) is 0 Å². The van der Waals surface area contributed by atoms with Crippen LogP contribution in [0.5, 0.6) is 0 Å². The molecule has 0 saturated heterocycles. The van der Waals surface area contributed by atoms with Crippen molar-refractivity contribution in [1.29, 1.82) is 0 Å². The number of nitrogens with one attached hydrogen (secondary N) is 1. The largest absolute Gasteiger partial charge is 0.354 e. The number of hydrogen-bond donors (Lipinski definition) is 1. The molecule has 0 atom stereocenters. The van der Waals surface area contributed by atoms with Crippen molar-refractivity contribution >= 4 is 10.9 Å². The lowest BCUT2D eigenvalue weighted by atomic mass is 9.95. The van der Waals surface area contributed by atoms with E-state index in [1.54, 1.807) is 0 Å². The van der Waals surface area contributed by atoms with Crippen LogP contribution in [0.4, 0.5) is 0 Å². The highest BCUT2D eigenvalue weighted by atomic mass is 14.7. The number of aromatic nitrogens is 1. The second-order valence-electron chi connectivity index (χ2n) is 6.57. The van der Waals surface area contributed by atoms with Crippen molar-refractivity contribution in [3.63, 3.8) is 0 Å². The van der Waals surface area contributed by atoms with E-state index < -0.39 is 0 Å². The number of benzene rings is 3. The number of hydrogen-bond acceptors (Lipinski definition) is 0. The van der Waals surface area contributed by atoms with Crippen LogP contribution in [0.2, 0.25) is 0 Å². The van der Waals surface area contributed by atoms with E-state index in [0.717, 1.165) is 0 Å². The first-order chi connectivity index (χ1) is 11.7. The van der Waals surface area contributed by atoms with Gasteiger partial charge in [-0.15, -0.1) is 0 Å². The lowest BCUT2D eigenvalue weighted by Gasteiger charge is -2.08. The van der Waals surface area contributed by atoms with Crippen LogP contribution < -0.4 is 0 Å². The Morgan fingerprint density at radius 1 is 0.708 bits per heavy atom. The molecule has 1 nitrogen and oxygen atoms in total. The predicted octanol–water partition coefficient (Wildman–Crippen LogP) is 6.63. The molecule has 0 unspecified atom stereocenters. The minimum Gasteiger partial charge on any atom is -0.354 e. The van der Waals surface area contributed by atoms with Gasteiger partial charge in [-0.1, -0.05) is 80.6 Å². The van der Waals surface area contributed by atoms with Crippen molar-refractivity contribution in [3.05, 3.63) is 84.4 Å². The zero-order valence-electron chi connectivity index (χ0n) is 14.1. The van der Waals surface area contributed by atoms with Gasteiger partial charge in [0.25, 0.3) is 0 Å². The van der Waals surface area contributed by atoms with Crippen LogP contribution in [0.1, 0.15) is 25.3 Å². The molecule has 3 aromatic carbocycles. The van der Waals surface area contributed by atoms with Gasteiger partial charge < -0.3 is 4.98 Å². The summed E-state index contributed by atoms with van der Waals surface area (Å²) in [5.74, 6) is 0.521. The third-order valence-electron chi connectivity index (χ3n) is 4.61. The maximum atomic E-state index is 3.65. The minimum atomic E-state index is 0.521. The fourth-order valence-corrected chi connectivity index (χ4v) is 3.29. The standard InChI is InChI=1S/C23H21N/c1-16(2)19-13-14-21-20(15-19)22(17-9-5-3-6-10-17)23(24-21)18-11-7-4-8-12-18/h3-16,24H,1-2H3. The van der Waals surface area contributed by atoms with Crippen molar-refractivity contribution in [2.75, 3.05) is 0 Å². The van der Waals surface area contributed by atoms with Crippen molar-refractivity contribution in [2.45, 2.75) is 19.8 Å². The molecule has 118 valence electrons. The summed E-state index contributed by atoms with van der Waals surface area (Å²) in [5, 5.41) is 1.30. The molecule has 0 spiro atoms. The number of rotatable bonds is 3. The van der Waals surface area contributed by atoms with E-state index >= 15 is 0 Å². The molecule has 1 heterocycles. The molecule has 0 aliphatic carbocycles. The van der Waals surface area contributed by atoms with Gasteiger partial charge >= 0.3 is 0 Å². The highest BCUT2D eigenvalue weighted by molar-refractivity contribution is 6.04. The van der Waals surface area contributed by atoms with Gasteiger partial charge in [0.1, 0.15) is 0 Å². The van der Waals surface area contributed by atoms with Crippen LogP contribution in [-0.2, 0) is 0 Å². The summed E-state index contributed by atoms with van der Waals surface area (Å²) in [6, 6.07) is 28.0. The minimum absolute atomic E-state index is 0.521. The molecule has 1 N–H and O–H groups in total. The van der Waals surface area contributed by atoms with Crippen LogP contribution in [0.3, 0.4) is 0 Å². The highest BCUT2D eigenvalue weighted by Gasteiger charge is 2.15. The molecule has 1 heteroatoms. The Morgan fingerprint density at radius 2 is 1.33 bits per heavy atom. The SMILES string of the molecule is CC(C)c1ccc2[nH]c(-c3ccccc3)c(-c3ccccc3)c2c1. The lowest BCUT2D eigenvalue weighted by Crippen LogP contribution is -1.86. The molecule has 24 heavy (non-hydrogen) atoms. The molecule has 4 rings (SSSR count). The molecular weight excluding hydrogens is 290 g/mol. The predicted molar refractivity (Wildman–Crippen MR) is 103 cm³/mol. The Labute approximate surface area is 143 Å². The second-order valence-corrected chi connectivity index (χ2v) is 6.57.